The Morgan fingerprint density at radius 2 is 1.83 bits per heavy atom. The van der Waals surface area contributed by atoms with E-state index in [9.17, 15) is 9.18 Å². The van der Waals surface area contributed by atoms with Gasteiger partial charge in [-0.15, -0.1) is 0 Å². The SMILES string of the molecule is COc1ccc(/C(=C(\c2ccc(/C=C/C(=O)O)cc2)c2ccc3n[nH]c(F)c3c2)C2CC2)c(C)c1. The van der Waals surface area contributed by atoms with Crippen molar-refractivity contribution in [1.29, 1.82) is 0 Å². The number of nitrogens with one attached hydrogen (secondary N) is 1. The molecule has 0 bridgehead atoms. The summed E-state index contributed by atoms with van der Waals surface area (Å²) in [6.07, 6.45) is 4.87. The molecule has 5 rings (SSSR count). The number of methoxy groups -OCH3 is 1. The molecule has 0 radical (unpaired) electrons. The van der Waals surface area contributed by atoms with Crippen molar-refractivity contribution in [3.05, 3.63) is 101 Å². The van der Waals surface area contributed by atoms with E-state index in [1.807, 2.05) is 54.6 Å². The quantitative estimate of drug-likeness (QED) is 0.240. The van der Waals surface area contributed by atoms with Crippen molar-refractivity contribution in [1.82, 2.24) is 10.2 Å². The summed E-state index contributed by atoms with van der Waals surface area (Å²) in [6.45, 7) is 2.08. The van der Waals surface area contributed by atoms with Crippen LogP contribution in [0, 0.1) is 18.8 Å². The number of aryl methyl sites for hydroxylation is 1. The van der Waals surface area contributed by atoms with Gasteiger partial charge in [-0.25, -0.2) is 4.79 Å². The third-order valence-corrected chi connectivity index (χ3v) is 6.39. The monoisotopic (exact) mass is 468 g/mol. The third kappa shape index (κ3) is 4.60. The lowest BCUT2D eigenvalue weighted by molar-refractivity contribution is -0.131. The molecule has 176 valence electrons. The third-order valence-electron chi connectivity index (χ3n) is 6.39. The maximum Gasteiger partial charge on any atom is 0.328 e. The maximum absolute atomic E-state index is 14.4. The number of hydrogen-bond acceptors (Lipinski definition) is 3. The molecule has 0 aliphatic heterocycles. The summed E-state index contributed by atoms with van der Waals surface area (Å²) >= 11 is 0. The molecule has 3 aromatic carbocycles. The zero-order valence-corrected chi connectivity index (χ0v) is 19.5. The Bertz CT molecular complexity index is 1480. The molecule has 0 spiro atoms. The van der Waals surface area contributed by atoms with Crippen LogP contribution in [-0.2, 0) is 4.79 Å². The molecule has 35 heavy (non-hydrogen) atoms. The highest BCUT2D eigenvalue weighted by Gasteiger charge is 2.31. The predicted molar refractivity (Wildman–Crippen MR) is 136 cm³/mol. The summed E-state index contributed by atoms with van der Waals surface area (Å²) in [5.41, 5.74) is 7.78. The first-order valence-electron chi connectivity index (χ1n) is 11.5. The smallest absolute Gasteiger partial charge is 0.328 e. The van der Waals surface area contributed by atoms with E-state index in [0.717, 1.165) is 58.1 Å². The fourth-order valence-corrected chi connectivity index (χ4v) is 4.54. The summed E-state index contributed by atoms with van der Waals surface area (Å²) in [5, 5.41) is 15.9. The fourth-order valence-electron chi connectivity index (χ4n) is 4.54. The standard InChI is InChI=1S/C29H25FN2O3/c1-17-15-22(35-2)11-12-23(17)28(20-8-9-20)27(19-6-3-18(4-7-19)5-14-26(33)34)21-10-13-25-24(16-21)29(30)32-31-25/h3-7,10-16,20H,8-9H2,1-2H3,(H,31,32)(H,33,34)/b14-5+,28-27+. The Hall–Kier alpha value is -4.19. The normalized spacial score (nSPS) is 14.4. The molecule has 1 aliphatic rings. The van der Waals surface area contributed by atoms with Crippen molar-refractivity contribution in [2.45, 2.75) is 19.8 Å². The largest absolute Gasteiger partial charge is 0.497 e. The summed E-state index contributed by atoms with van der Waals surface area (Å²) in [4.78, 5) is 10.9. The number of carbonyl (C=O) groups is 1. The first kappa shape index (κ1) is 22.6. The summed E-state index contributed by atoms with van der Waals surface area (Å²) in [7, 11) is 1.66. The number of aromatic nitrogens is 2. The van der Waals surface area contributed by atoms with Crippen LogP contribution in [0.25, 0.3) is 28.1 Å². The molecule has 1 heterocycles. The zero-order chi connectivity index (χ0) is 24.5. The molecule has 1 aromatic heterocycles. The lowest BCUT2D eigenvalue weighted by Crippen LogP contribution is -2.00. The maximum atomic E-state index is 14.4. The number of rotatable bonds is 7. The van der Waals surface area contributed by atoms with Gasteiger partial charge in [-0.2, -0.15) is 9.49 Å². The lowest BCUT2D eigenvalue weighted by atomic mass is 9.85. The minimum absolute atomic E-state index is 0.397. The van der Waals surface area contributed by atoms with E-state index < -0.39 is 11.9 Å². The Labute approximate surface area is 202 Å². The van der Waals surface area contributed by atoms with E-state index in [1.54, 1.807) is 13.2 Å². The second-order valence-electron chi connectivity index (χ2n) is 8.81. The van der Waals surface area contributed by atoms with Gasteiger partial charge in [0.05, 0.1) is 18.0 Å². The van der Waals surface area contributed by atoms with E-state index in [1.165, 1.54) is 5.57 Å². The number of allylic oxidation sites excluding steroid dienone is 1. The number of ether oxygens (including phenoxy) is 1. The van der Waals surface area contributed by atoms with Crippen LogP contribution in [0.1, 0.15) is 40.7 Å². The second kappa shape index (κ2) is 9.22. The highest BCUT2D eigenvalue weighted by Crippen LogP contribution is 2.49. The molecule has 0 unspecified atom stereocenters. The number of aliphatic carboxylic acids is 1. The van der Waals surface area contributed by atoms with Crippen LogP contribution in [0.2, 0.25) is 0 Å². The summed E-state index contributed by atoms with van der Waals surface area (Å²) < 4.78 is 19.9. The van der Waals surface area contributed by atoms with Crippen molar-refractivity contribution in [2.75, 3.05) is 7.11 Å². The second-order valence-corrected chi connectivity index (χ2v) is 8.81. The van der Waals surface area contributed by atoms with Crippen molar-refractivity contribution in [3.8, 4) is 5.75 Å². The van der Waals surface area contributed by atoms with E-state index in [0.29, 0.717) is 16.8 Å². The van der Waals surface area contributed by atoms with Gasteiger partial charge in [0.1, 0.15) is 5.75 Å². The van der Waals surface area contributed by atoms with Crippen molar-refractivity contribution >= 4 is 34.1 Å². The molecule has 2 N–H and O–H groups in total. The lowest BCUT2D eigenvalue weighted by Gasteiger charge is -2.19. The van der Waals surface area contributed by atoms with E-state index in [4.69, 9.17) is 9.84 Å². The van der Waals surface area contributed by atoms with E-state index >= 15 is 0 Å². The Morgan fingerprint density at radius 3 is 2.49 bits per heavy atom. The molecular formula is C29H25FN2O3. The average molecular weight is 469 g/mol. The van der Waals surface area contributed by atoms with Crippen molar-refractivity contribution < 1.29 is 19.0 Å². The van der Waals surface area contributed by atoms with E-state index in [2.05, 4.69) is 23.2 Å². The van der Waals surface area contributed by atoms with Gasteiger partial charge in [0.25, 0.3) is 0 Å². The van der Waals surface area contributed by atoms with Crippen LogP contribution in [-0.4, -0.2) is 28.4 Å². The van der Waals surface area contributed by atoms with Crippen molar-refractivity contribution in [3.63, 3.8) is 0 Å². The van der Waals surface area contributed by atoms with Gasteiger partial charge in [-0.05, 0) is 95.0 Å². The molecule has 0 amide bonds. The number of hydrogen-bond donors (Lipinski definition) is 2. The van der Waals surface area contributed by atoms with Gasteiger partial charge in [-0.1, -0.05) is 36.4 Å². The van der Waals surface area contributed by atoms with Crippen LogP contribution in [0.3, 0.4) is 0 Å². The Balaban J connectivity index is 1.74. The average Bonchev–Trinajstić information content (AvgIpc) is 3.64. The molecule has 6 heteroatoms. The molecule has 0 saturated heterocycles. The zero-order valence-electron chi connectivity index (χ0n) is 19.5. The van der Waals surface area contributed by atoms with Gasteiger partial charge in [-0.3, -0.25) is 5.10 Å². The topological polar surface area (TPSA) is 75.2 Å². The number of fused-ring (bicyclic) bond motifs is 1. The number of aromatic amines is 1. The number of H-pyrrole nitrogens is 1. The molecule has 1 saturated carbocycles. The highest BCUT2D eigenvalue weighted by atomic mass is 19.1. The van der Waals surface area contributed by atoms with Crippen LogP contribution < -0.4 is 4.74 Å². The van der Waals surface area contributed by atoms with Crippen molar-refractivity contribution in [2.24, 2.45) is 5.92 Å². The van der Waals surface area contributed by atoms with Gasteiger partial charge >= 0.3 is 5.97 Å². The molecular weight excluding hydrogens is 443 g/mol. The van der Waals surface area contributed by atoms with Gasteiger partial charge in [0.15, 0.2) is 0 Å². The first-order valence-corrected chi connectivity index (χ1v) is 11.5. The first-order chi connectivity index (χ1) is 16.9. The van der Waals surface area contributed by atoms with Crippen LogP contribution >= 0.6 is 0 Å². The minimum atomic E-state index is -0.990. The van der Waals surface area contributed by atoms with Gasteiger partial charge < -0.3 is 9.84 Å². The number of carboxylic acids is 1. The molecule has 1 fully saturated rings. The molecule has 5 nitrogen and oxygen atoms in total. The molecule has 1 aliphatic carbocycles. The van der Waals surface area contributed by atoms with Crippen LogP contribution in [0.15, 0.2) is 66.7 Å². The summed E-state index contributed by atoms with van der Waals surface area (Å²) in [5.74, 6) is -0.243. The number of nitrogens with zero attached hydrogens (tertiary/aromatic N) is 1. The molecule has 0 atom stereocenters. The Kier molecular flexibility index (Phi) is 5.95. The van der Waals surface area contributed by atoms with Crippen LogP contribution in [0.5, 0.6) is 5.75 Å². The van der Waals surface area contributed by atoms with E-state index in [-0.39, 0.29) is 0 Å². The minimum Gasteiger partial charge on any atom is -0.497 e. The predicted octanol–water partition coefficient (Wildman–Crippen LogP) is 6.49. The Morgan fingerprint density at radius 1 is 1.09 bits per heavy atom. The summed E-state index contributed by atoms with van der Waals surface area (Å²) in [6, 6.07) is 19.6. The number of carboxylic acid groups (broad SMARTS) is 1. The number of benzene rings is 3. The van der Waals surface area contributed by atoms with Crippen LogP contribution in [0.4, 0.5) is 4.39 Å². The highest BCUT2D eigenvalue weighted by molar-refractivity contribution is 6.02. The molecule has 4 aromatic rings. The van der Waals surface area contributed by atoms with Gasteiger partial charge in [0.2, 0.25) is 5.95 Å². The van der Waals surface area contributed by atoms with Gasteiger partial charge in [0, 0.05) is 6.08 Å². The fraction of sp³-hybridized carbons (Fsp3) is 0.172. The number of halogens is 1.